The lowest BCUT2D eigenvalue weighted by Crippen LogP contribution is -2.47. The van der Waals surface area contributed by atoms with Gasteiger partial charge >= 0.3 is 6.18 Å². The second-order valence-corrected chi connectivity index (χ2v) is 10.4. The lowest BCUT2D eigenvalue weighted by Gasteiger charge is -2.39. The molecule has 0 saturated heterocycles. The molecule has 1 aromatic heterocycles. The zero-order chi connectivity index (χ0) is 24.3. The molecule has 178 valence electrons. The van der Waals surface area contributed by atoms with Gasteiger partial charge in [-0.25, -0.2) is 4.98 Å². The van der Waals surface area contributed by atoms with Crippen LogP contribution in [0.3, 0.4) is 0 Å². The maximum absolute atomic E-state index is 13.6. The van der Waals surface area contributed by atoms with Gasteiger partial charge in [-0.3, -0.25) is 9.36 Å². The first-order valence-corrected chi connectivity index (χ1v) is 11.6. The fourth-order valence-corrected chi connectivity index (χ4v) is 6.13. The van der Waals surface area contributed by atoms with E-state index in [2.05, 4.69) is 31.1 Å². The summed E-state index contributed by atoms with van der Waals surface area (Å²) in [4.78, 5) is 17.5. The molecular formula is C27H28F3N3O. The molecule has 1 heterocycles. The van der Waals surface area contributed by atoms with Crippen molar-refractivity contribution in [1.82, 2.24) is 14.9 Å². The highest BCUT2D eigenvalue weighted by molar-refractivity contribution is 5.93. The van der Waals surface area contributed by atoms with Crippen molar-refractivity contribution in [3.8, 4) is 16.8 Å². The van der Waals surface area contributed by atoms with Crippen LogP contribution in [0, 0.1) is 16.7 Å². The van der Waals surface area contributed by atoms with Gasteiger partial charge < -0.3 is 5.32 Å². The van der Waals surface area contributed by atoms with Gasteiger partial charge in [0, 0.05) is 11.7 Å². The highest BCUT2D eigenvalue weighted by Gasteiger charge is 2.61. The van der Waals surface area contributed by atoms with Gasteiger partial charge in [-0.15, -0.1) is 0 Å². The third-order valence-corrected chi connectivity index (χ3v) is 8.64. The molecule has 3 aromatic rings. The smallest absolute Gasteiger partial charge is 0.347 e. The molecule has 2 bridgehead atoms. The number of halogens is 3. The molecule has 2 aromatic carbocycles. The normalized spacial score (nSPS) is 25.5. The zero-order valence-corrected chi connectivity index (χ0v) is 19.5. The average Bonchev–Trinajstić information content (AvgIpc) is 3.42. The van der Waals surface area contributed by atoms with E-state index in [-0.39, 0.29) is 28.3 Å². The van der Waals surface area contributed by atoms with Gasteiger partial charge in [0.25, 0.3) is 5.91 Å². The van der Waals surface area contributed by atoms with Crippen LogP contribution in [-0.4, -0.2) is 21.5 Å². The van der Waals surface area contributed by atoms with Crippen LogP contribution >= 0.6 is 0 Å². The van der Waals surface area contributed by atoms with Crippen molar-refractivity contribution >= 4 is 5.91 Å². The van der Waals surface area contributed by atoms with Crippen LogP contribution in [0.1, 0.15) is 56.1 Å². The number of nitrogens with one attached hydrogen (secondary N) is 1. The van der Waals surface area contributed by atoms with Gasteiger partial charge in [-0.05, 0) is 65.3 Å². The lowest BCUT2D eigenvalue weighted by atomic mass is 9.69. The Morgan fingerprint density at radius 3 is 2.56 bits per heavy atom. The minimum atomic E-state index is -4.46. The Labute approximate surface area is 197 Å². The molecule has 0 radical (unpaired) electrons. The number of nitrogens with zero attached hydrogens (tertiary/aromatic N) is 2. The van der Waals surface area contributed by atoms with Crippen LogP contribution in [0.5, 0.6) is 0 Å². The molecule has 34 heavy (non-hydrogen) atoms. The summed E-state index contributed by atoms with van der Waals surface area (Å²) >= 11 is 0. The van der Waals surface area contributed by atoms with E-state index in [4.69, 9.17) is 0 Å². The summed E-state index contributed by atoms with van der Waals surface area (Å²) < 4.78 is 42.3. The van der Waals surface area contributed by atoms with Crippen LogP contribution in [-0.2, 0) is 6.18 Å². The van der Waals surface area contributed by atoms with Crippen LogP contribution in [0.4, 0.5) is 13.2 Å². The van der Waals surface area contributed by atoms with E-state index in [1.54, 1.807) is 34.9 Å². The summed E-state index contributed by atoms with van der Waals surface area (Å²) in [5, 5.41) is 3.25. The maximum Gasteiger partial charge on any atom is 0.417 e. The molecule has 2 aliphatic carbocycles. The SMILES string of the molecule is CC1(C)[C@@H]2CC[C@@]1(C)[C@H](NC(=O)c1cncn1-c1cccc(-c3ccccc3C(F)(F)F)c1)C2. The van der Waals surface area contributed by atoms with E-state index in [0.29, 0.717) is 22.9 Å². The van der Waals surface area contributed by atoms with Crippen molar-refractivity contribution in [1.29, 1.82) is 0 Å². The van der Waals surface area contributed by atoms with E-state index < -0.39 is 11.7 Å². The molecule has 2 fully saturated rings. The highest BCUT2D eigenvalue weighted by atomic mass is 19.4. The maximum atomic E-state index is 13.6. The monoisotopic (exact) mass is 467 g/mol. The van der Waals surface area contributed by atoms with Crippen LogP contribution in [0.2, 0.25) is 0 Å². The Bertz CT molecular complexity index is 1250. The molecule has 0 unspecified atom stereocenters. The fraction of sp³-hybridized carbons (Fsp3) is 0.407. The first kappa shape index (κ1) is 22.7. The largest absolute Gasteiger partial charge is 0.417 e. The second kappa shape index (κ2) is 7.72. The summed E-state index contributed by atoms with van der Waals surface area (Å²) in [6.45, 7) is 6.86. The zero-order valence-electron chi connectivity index (χ0n) is 19.5. The number of benzene rings is 2. The predicted octanol–water partition coefficient (Wildman–Crippen LogP) is 6.50. The van der Waals surface area contributed by atoms with Gasteiger partial charge in [0.2, 0.25) is 0 Å². The minimum Gasteiger partial charge on any atom is -0.347 e. The first-order valence-electron chi connectivity index (χ1n) is 11.6. The third-order valence-electron chi connectivity index (χ3n) is 8.64. The molecule has 4 nitrogen and oxygen atoms in total. The second-order valence-electron chi connectivity index (χ2n) is 10.4. The molecule has 0 aliphatic heterocycles. The molecule has 3 atom stereocenters. The number of alkyl halides is 3. The lowest BCUT2D eigenvalue weighted by molar-refractivity contribution is -0.137. The average molecular weight is 468 g/mol. The molecule has 5 rings (SSSR count). The molecule has 1 N–H and O–H groups in total. The number of imidazole rings is 1. The van der Waals surface area contributed by atoms with E-state index in [1.807, 2.05) is 0 Å². The third kappa shape index (κ3) is 3.44. The van der Waals surface area contributed by atoms with Gasteiger partial charge in [-0.1, -0.05) is 51.1 Å². The summed E-state index contributed by atoms with van der Waals surface area (Å²) in [5.41, 5.74) is 0.989. The Kier molecular flexibility index (Phi) is 5.15. The number of aromatic nitrogens is 2. The van der Waals surface area contributed by atoms with Crippen molar-refractivity contribution in [2.24, 2.45) is 16.7 Å². The molecule has 2 aliphatic rings. The van der Waals surface area contributed by atoms with E-state index in [1.165, 1.54) is 31.1 Å². The first-order chi connectivity index (χ1) is 16.0. The summed E-state index contributed by atoms with van der Waals surface area (Å²) in [6, 6.07) is 12.3. The topological polar surface area (TPSA) is 46.9 Å². The number of hydrogen-bond acceptors (Lipinski definition) is 2. The van der Waals surface area contributed by atoms with Crippen LogP contribution in [0.25, 0.3) is 16.8 Å². The number of fused-ring (bicyclic) bond motifs is 2. The molecule has 1 amide bonds. The number of carbonyl (C=O) groups is 1. The summed E-state index contributed by atoms with van der Waals surface area (Å²) in [7, 11) is 0. The quantitative estimate of drug-likeness (QED) is 0.476. The summed E-state index contributed by atoms with van der Waals surface area (Å²) in [5.74, 6) is 0.381. The summed E-state index contributed by atoms with van der Waals surface area (Å²) in [6.07, 6.45) is 1.82. The minimum absolute atomic E-state index is 0.0411. The highest BCUT2D eigenvalue weighted by Crippen LogP contribution is 2.65. The standard InChI is InChI=1S/C27H28F3N3O/c1-25(2)18-11-12-26(25,3)23(14-18)32-24(34)22-15-31-16-33(22)19-8-6-7-17(13-19)20-9-4-5-10-21(20)27(28,29)30/h4-10,13,15-16,18,23H,11-12,14H2,1-3H3,(H,32,34)/t18-,23-,26+/m1/s1. The molecule has 0 spiro atoms. The van der Waals surface area contributed by atoms with Gasteiger partial charge in [0.1, 0.15) is 5.69 Å². The van der Waals surface area contributed by atoms with Crippen molar-refractivity contribution in [3.63, 3.8) is 0 Å². The van der Waals surface area contributed by atoms with Crippen molar-refractivity contribution in [2.45, 2.75) is 52.3 Å². The molecule has 7 heteroatoms. The number of carbonyl (C=O) groups excluding carboxylic acids is 1. The van der Waals surface area contributed by atoms with Crippen LogP contribution < -0.4 is 5.32 Å². The van der Waals surface area contributed by atoms with Crippen molar-refractivity contribution in [2.75, 3.05) is 0 Å². The molecular weight excluding hydrogens is 439 g/mol. The van der Waals surface area contributed by atoms with Crippen LogP contribution in [0.15, 0.2) is 61.1 Å². The van der Waals surface area contributed by atoms with Crippen molar-refractivity contribution < 1.29 is 18.0 Å². The van der Waals surface area contributed by atoms with E-state index in [9.17, 15) is 18.0 Å². The Balaban J connectivity index is 1.45. The fourth-order valence-electron chi connectivity index (χ4n) is 6.13. The van der Waals surface area contributed by atoms with Gasteiger partial charge in [0.05, 0.1) is 18.1 Å². The number of hydrogen-bond donors (Lipinski definition) is 1. The van der Waals surface area contributed by atoms with E-state index >= 15 is 0 Å². The van der Waals surface area contributed by atoms with Crippen molar-refractivity contribution in [3.05, 3.63) is 72.3 Å². The number of amides is 1. The molecule has 2 saturated carbocycles. The Hall–Kier alpha value is -3.09. The predicted molar refractivity (Wildman–Crippen MR) is 124 cm³/mol. The Morgan fingerprint density at radius 2 is 1.88 bits per heavy atom. The van der Waals surface area contributed by atoms with Gasteiger partial charge in [0.15, 0.2) is 0 Å². The Morgan fingerprint density at radius 1 is 1.12 bits per heavy atom. The van der Waals surface area contributed by atoms with E-state index in [0.717, 1.165) is 18.9 Å². The van der Waals surface area contributed by atoms with Gasteiger partial charge in [-0.2, -0.15) is 13.2 Å². The number of rotatable bonds is 4.